The van der Waals surface area contributed by atoms with E-state index in [1.54, 1.807) is 0 Å². The minimum Gasteiger partial charge on any atom is -0.300 e. The van der Waals surface area contributed by atoms with Gasteiger partial charge in [0.25, 0.3) is 0 Å². The summed E-state index contributed by atoms with van der Waals surface area (Å²) < 4.78 is 6.69. The van der Waals surface area contributed by atoms with Crippen LogP contribution in [0.2, 0.25) is 0 Å². The van der Waals surface area contributed by atoms with Crippen LogP contribution in [0.4, 0.5) is 0 Å². The monoisotopic (exact) mass is 115 g/mol. The van der Waals surface area contributed by atoms with Crippen LogP contribution < -0.4 is 0 Å². The Morgan fingerprint density at radius 3 is 2.88 bits per heavy atom. The van der Waals surface area contributed by atoms with Gasteiger partial charge in [0, 0.05) is 7.79 Å². The number of hydrogen-bond acceptors (Lipinski definition) is 1. The van der Waals surface area contributed by atoms with Crippen LogP contribution >= 0.6 is 0 Å². The van der Waals surface area contributed by atoms with E-state index in [1.165, 1.54) is 0 Å². The zero-order valence-electron chi connectivity index (χ0n) is 6.44. The summed E-state index contributed by atoms with van der Waals surface area (Å²) in [5.74, 6) is 0.0726. The number of unbranched alkanes of at least 4 members (excludes halogenated alkanes) is 2. The Labute approximate surface area is 52.5 Å². The minimum absolute atomic E-state index is 0.0380. The third-order valence-electron chi connectivity index (χ3n) is 1.06. The van der Waals surface area contributed by atoms with E-state index < -0.39 is 0 Å². The van der Waals surface area contributed by atoms with Crippen molar-refractivity contribution in [2.75, 3.05) is 0 Å². The first-order valence-corrected chi connectivity index (χ1v) is 3.12. The SMILES string of the molecule is [2H]CC(=O)CCCCC. The van der Waals surface area contributed by atoms with Gasteiger partial charge in [-0.3, -0.25) is 0 Å². The summed E-state index contributed by atoms with van der Waals surface area (Å²) in [7, 11) is 0. The number of carbonyl (C=O) groups excluding carboxylic acids is 1. The van der Waals surface area contributed by atoms with Crippen molar-refractivity contribution in [3.63, 3.8) is 0 Å². The molecule has 0 aromatic rings. The third-order valence-corrected chi connectivity index (χ3v) is 1.06. The van der Waals surface area contributed by atoms with Gasteiger partial charge in [0.15, 0.2) is 0 Å². The van der Waals surface area contributed by atoms with Crippen LogP contribution in [-0.4, -0.2) is 5.78 Å². The molecule has 0 fully saturated rings. The molecule has 0 N–H and O–H groups in total. The van der Waals surface area contributed by atoms with Crippen molar-refractivity contribution < 1.29 is 6.17 Å². The van der Waals surface area contributed by atoms with Crippen LogP contribution in [-0.2, 0) is 4.79 Å². The molecule has 0 aromatic heterocycles. The van der Waals surface area contributed by atoms with Crippen LogP contribution in [0, 0.1) is 0 Å². The van der Waals surface area contributed by atoms with Crippen molar-refractivity contribution in [1.29, 1.82) is 0 Å². The van der Waals surface area contributed by atoms with E-state index in [1.807, 2.05) is 0 Å². The van der Waals surface area contributed by atoms with Gasteiger partial charge in [-0.05, 0) is 13.3 Å². The van der Waals surface area contributed by atoms with Gasteiger partial charge in [-0.25, -0.2) is 0 Å². The Morgan fingerprint density at radius 1 is 1.62 bits per heavy atom. The van der Waals surface area contributed by atoms with Gasteiger partial charge in [-0.1, -0.05) is 19.8 Å². The smallest absolute Gasteiger partial charge is 0.129 e. The first-order chi connectivity index (χ1) is 4.31. The Morgan fingerprint density at radius 2 is 2.38 bits per heavy atom. The molecule has 0 rings (SSSR count). The standard InChI is InChI=1S/C7H14O/c1-3-4-5-6-7(2)8/h3-6H2,1-2H3/i2D. The van der Waals surface area contributed by atoms with Crippen molar-refractivity contribution in [2.45, 2.75) is 39.5 Å². The quantitative estimate of drug-likeness (QED) is 0.513. The number of hydrogen-bond donors (Lipinski definition) is 0. The predicted octanol–water partition coefficient (Wildman–Crippen LogP) is 2.16. The molecule has 0 spiro atoms. The fourth-order valence-corrected chi connectivity index (χ4v) is 0.572. The number of ketones is 1. The summed E-state index contributed by atoms with van der Waals surface area (Å²) in [5.41, 5.74) is 0. The van der Waals surface area contributed by atoms with E-state index in [0.29, 0.717) is 6.42 Å². The van der Waals surface area contributed by atoms with Gasteiger partial charge in [0.05, 0.1) is 0 Å². The molecule has 1 nitrogen and oxygen atoms in total. The highest BCUT2D eigenvalue weighted by molar-refractivity contribution is 5.75. The summed E-state index contributed by atoms with van der Waals surface area (Å²) in [5, 5.41) is 0. The lowest BCUT2D eigenvalue weighted by Crippen LogP contribution is -1.87. The molecule has 0 unspecified atom stereocenters. The highest BCUT2D eigenvalue weighted by Gasteiger charge is 1.89. The van der Waals surface area contributed by atoms with Gasteiger partial charge in [-0.2, -0.15) is 0 Å². The summed E-state index contributed by atoms with van der Waals surface area (Å²) >= 11 is 0. The predicted molar refractivity (Wildman–Crippen MR) is 34.8 cm³/mol. The van der Waals surface area contributed by atoms with Gasteiger partial charge < -0.3 is 4.79 Å². The zero-order chi connectivity index (χ0) is 7.11. The van der Waals surface area contributed by atoms with Gasteiger partial charge in [0.1, 0.15) is 5.78 Å². The second kappa shape index (κ2) is 4.82. The van der Waals surface area contributed by atoms with Crippen molar-refractivity contribution in [3.05, 3.63) is 0 Å². The summed E-state index contributed by atoms with van der Waals surface area (Å²) in [4.78, 5) is 10.5. The fraction of sp³-hybridized carbons (Fsp3) is 0.857. The molecule has 0 aromatic carbocycles. The molecule has 1 heteroatoms. The maximum absolute atomic E-state index is 10.5. The van der Waals surface area contributed by atoms with E-state index in [2.05, 4.69) is 6.92 Å². The number of carbonyl (C=O) groups is 1. The van der Waals surface area contributed by atoms with Gasteiger partial charge >= 0.3 is 0 Å². The van der Waals surface area contributed by atoms with Crippen molar-refractivity contribution >= 4 is 5.78 Å². The first kappa shape index (κ1) is 5.80. The van der Waals surface area contributed by atoms with E-state index in [-0.39, 0.29) is 12.7 Å². The largest absolute Gasteiger partial charge is 0.300 e. The Kier molecular flexibility index (Phi) is 3.49. The fourth-order valence-electron chi connectivity index (χ4n) is 0.572. The van der Waals surface area contributed by atoms with Crippen LogP contribution in [0.25, 0.3) is 0 Å². The Bertz CT molecular complexity index is 81.0. The molecule has 0 saturated heterocycles. The summed E-state index contributed by atoms with van der Waals surface area (Å²) in [6, 6.07) is 0. The lowest BCUT2D eigenvalue weighted by molar-refractivity contribution is -0.117. The van der Waals surface area contributed by atoms with E-state index in [9.17, 15) is 4.79 Å². The molecular formula is C7H14O. The topological polar surface area (TPSA) is 17.1 Å². The van der Waals surface area contributed by atoms with Gasteiger partial charge in [-0.15, -0.1) is 0 Å². The molecule has 8 heavy (non-hydrogen) atoms. The van der Waals surface area contributed by atoms with E-state index in [0.717, 1.165) is 19.3 Å². The molecule has 0 bridgehead atoms. The van der Waals surface area contributed by atoms with E-state index >= 15 is 0 Å². The second-order valence-electron chi connectivity index (χ2n) is 2.00. The molecule has 48 valence electrons. The molecule has 0 aliphatic rings. The van der Waals surface area contributed by atoms with Crippen molar-refractivity contribution in [3.8, 4) is 0 Å². The second-order valence-corrected chi connectivity index (χ2v) is 2.00. The van der Waals surface area contributed by atoms with Crippen molar-refractivity contribution in [2.24, 2.45) is 0 Å². The third kappa shape index (κ3) is 5.67. The van der Waals surface area contributed by atoms with Crippen molar-refractivity contribution in [1.82, 2.24) is 0 Å². The number of Topliss-reactive ketones (excluding diaryl/α,β-unsaturated/α-hetero) is 1. The maximum atomic E-state index is 10.5. The Hall–Kier alpha value is -0.330. The van der Waals surface area contributed by atoms with Crippen LogP contribution in [0.5, 0.6) is 0 Å². The molecule has 0 radical (unpaired) electrons. The highest BCUT2D eigenvalue weighted by Crippen LogP contribution is 1.98. The van der Waals surface area contributed by atoms with Crippen LogP contribution in [0.15, 0.2) is 0 Å². The minimum atomic E-state index is -0.0380. The molecule has 0 atom stereocenters. The average molecular weight is 115 g/mol. The number of rotatable bonds is 4. The maximum Gasteiger partial charge on any atom is 0.129 e. The molecule has 0 aliphatic heterocycles. The van der Waals surface area contributed by atoms with Crippen LogP contribution in [0.1, 0.15) is 40.9 Å². The molecule has 0 heterocycles. The van der Waals surface area contributed by atoms with Gasteiger partial charge in [0.2, 0.25) is 0 Å². The Balaban J connectivity index is 2.97. The molecular weight excluding hydrogens is 100 g/mol. The lowest BCUT2D eigenvalue weighted by atomic mass is 10.2. The van der Waals surface area contributed by atoms with E-state index in [4.69, 9.17) is 1.37 Å². The zero-order valence-corrected chi connectivity index (χ0v) is 5.44. The van der Waals surface area contributed by atoms with Crippen LogP contribution in [0.3, 0.4) is 0 Å². The lowest BCUT2D eigenvalue weighted by Gasteiger charge is -1.90. The normalized spacial score (nSPS) is 10.9. The summed E-state index contributed by atoms with van der Waals surface area (Å²) in [6.07, 6.45) is 3.84. The highest BCUT2D eigenvalue weighted by atomic mass is 16.1. The average Bonchev–Trinajstić information content (AvgIpc) is 1.89. The molecule has 0 aliphatic carbocycles. The molecule has 0 saturated carbocycles. The molecule has 0 amide bonds. The first-order valence-electron chi connectivity index (χ1n) is 3.83. The summed E-state index contributed by atoms with van der Waals surface area (Å²) in [6.45, 7) is 2.06.